The van der Waals surface area contributed by atoms with Crippen LogP contribution in [-0.2, 0) is 14.9 Å². The minimum absolute atomic E-state index is 0.0200. The molecule has 1 aromatic rings. The van der Waals surface area contributed by atoms with Crippen LogP contribution < -0.4 is 0 Å². The van der Waals surface area contributed by atoms with E-state index in [1.807, 2.05) is 6.07 Å². The second kappa shape index (κ2) is 5.65. The number of rotatable bonds is 3. The van der Waals surface area contributed by atoms with E-state index in [0.717, 1.165) is 17.7 Å². The number of carbonyl (C=O) groups excluding carboxylic acids is 1. The van der Waals surface area contributed by atoms with Gasteiger partial charge in [-0.15, -0.1) is 0 Å². The first kappa shape index (κ1) is 15.2. The van der Waals surface area contributed by atoms with Crippen LogP contribution in [0.15, 0.2) is 23.8 Å². The molecule has 1 aromatic carbocycles. The van der Waals surface area contributed by atoms with Crippen molar-refractivity contribution in [2.24, 2.45) is 0 Å². The van der Waals surface area contributed by atoms with Crippen LogP contribution in [0, 0.1) is 29.9 Å². The molecule has 0 unspecified atom stereocenters. The Balaban J connectivity index is 2.43. The van der Waals surface area contributed by atoms with E-state index in [0.29, 0.717) is 0 Å². The van der Waals surface area contributed by atoms with Gasteiger partial charge in [0.05, 0.1) is 19.6 Å². The first-order valence-corrected chi connectivity index (χ1v) is 6.54. The van der Waals surface area contributed by atoms with Crippen molar-refractivity contribution < 1.29 is 18.3 Å². The number of aryl methyl sites for hydroxylation is 1. The largest absolute Gasteiger partial charge is 0.468 e. The van der Waals surface area contributed by atoms with Gasteiger partial charge in [-0.2, -0.15) is 5.26 Å². The van der Waals surface area contributed by atoms with Crippen molar-refractivity contribution in [1.29, 1.82) is 5.26 Å². The third-order valence-electron chi connectivity index (χ3n) is 3.88. The molecule has 110 valence electrons. The van der Waals surface area contributed by atoms with Gasteiger partial charge in [-0.3, -0.25) is 4.79 Å². The lowest BCUT2D eigenvalue weighted by molar-refractivity contribution is -0.149. The van der Waals surface area contributed by atoms with Gasteiger partial charge in [0, 0.05) is 5.56 Å². The van der Waals surface area contributed by atoms with Gasteiger partial charge in [0.2, 0.25) is 0 Å². The van der Waals surface area contributed by atoms with Gasteiger partial charge >= 0.3 is 5.97 Å². The summed E-state index contributed by atoms with van der Waals surface area (Å²) in [5.74, 6) is -1.75. The number of halogens is 2. The SMILES string of the molecule is COC(=O)C1(c2cc(F)c(C)cc2F)CC(=CCC#N)C1. The molecule has 0 atom stereocenters. The second-order valence-corrected chi connectivity index (χ2v) is 5.23. The lowest BCUT2D eigenvalue weighted by Gasteiger charge is -2.41. The van der Waals surface area contributed by atoms with Crippen LogP contribution in [0.25, 0.3) is 0 Å². The Morgan fingerprint density at radius 1 is 1.43 bits per heavy atom. The third kappa shape index (κ3) is 2.54. The predicted molar refractivity (Wildman–Crippen MR) is 72.3 cm³/mol. The van der Waals surface area contributed by atoms with Gasteiger partial charge < -0.3 is 4.74 Å². The first-order valence-electron chi connectivity index (χ1n) is 6.54. The molecule has 5 heteroatoms. The fourth-order valence-electron chi connectivity index (χ4n) is 2.71. The molecular formula is C16H15F2NO2. The number of allylic oxidation sites excluding steroid dienone is 2. The van der Waals surface area contributed by atoms with E-state index in [1.165, 1.54) is 14.0 Å². The van der Waals surface area contributed by atoms with Gasteiger partial charge in [0.1, 0.15) is 17.0 Å². The number of nitrogens with zero attached hydrogens (tertiary/aromatic N) is 1. The van der Waals surface area contributed by atoms with Crippen LogP contribution in [0.5, 0.6) is 0 Å². The maximum absolute atomic E-state index is 14.2. The van der Waals surface area contributed by atoms with Crippen LogP contribution in [0.3, 0.4) is 0 Å². The Hall–Kier alpha value is -2.22. The summed E-state index contributed by atoms with van der Waals surface area (Å²) in [5.41, 5.74) is -0.0981. The summed E-state index contributed by atoms with van der Waals surface area (Å²) in [6.07, 6.45) is 2.45. The van der Waals surface area contributed by atoms with E-state index in [4.69, 9.17) is 10.00 Å². The van der Waals surface area contributed by atoms with Crippen molar-refractivity contribution in [2.75, 3.05) is 7.11 Å². The highest BCUT2D eigenvalue weighted by molar-refractivity contribution is 5.86. The van der Waals surface area contributed by atoms with Crippen LogP contribution >= 0.6 is 0 Å². The van der Waals surface area contributed by atoms with Crippen molar-refractivity contribution in [3.63, 3.8) is 0 Å². The van der Waals surface area contributed by atoms with E-state index in [9.17, 15) is 13.6 Å². The number of hydrogen-bond donors (Lipinski definition) is 0. The number of nitriles is 1. The highest BCUT2D eigenvalue weighted by atomic mass is 19.1. The molecule has 1 fully saturated rings. The zero-order chi connectivity index (χ0) is 15.6. The molecule has 0 spiro atoms. The van der Waals surface area contributed by atoms with Crippen LogP contribution in [-0.4, -0.2) is 13.1 Å². The van der Waals surface area contributed by atoms with Gasteiger partial charge in [-0.25, -0.2) is 8.78 Å². The fourth-order valence-corrected chi connectivity index (χ4v) is 2.71. The topological polar surface area (TPSA) is 50.1 Å². The summed E-state index contributed by atoms with van der Waals surface area (Å²) >= 11 is 0. The quantitative estimate of drug-likeness (QED) is 0.634. The molecule has 0 bridgehead atoms. The molecule has 0 heterocycles. The van der Waals surface area contributed by atoms with Crippen molar-refractivity contribution >= 4 is 5.97 Å². The monoisotopic (exact) mass is 291 g/mol. The number of esters is 1. The van der Waals surface area contributed by atoms with Crippen molar-refractivity contribution in [1.82, 2.24) is 0 Å². The lowest BCUT2D eigenvalue weighted by Crippen LogP contribution is -2.45. The molecule has 0 aromatic heterocycles. The molecule has 0 saturated heterocycles. The van der Waals surface area contributed by atoms with Crippen LogP contribution in [0.2, 0.25) is 0 Å². The Morgan fingerprint density at radius 2 is 2.10 bits per heavy atom. The number of benzene rings is 1. The maximum Gasteiger partial charge on any atom is 0.317 e. The molecule has 0 radical (unpaired) electrons. The Morgan fingerprint density at radius 3 is 2.67 bits per heavy atom. The van der Waals surface area contributed by atoms with Crippen LogP contribution in [0.4, 0.5) is 8.78 Å². The normalized spacial score (nSPS) is 20.4. The molecule has 0 aliphatic heterocycles. The number of ether oxygens (including phenoxy) is 1. The molecular weight excluding hydrogens is 276 g/mol. The van der Waals surface area contributed by atoms with Crippen molar-refractivity contribution in [2.45, 2.75) is 31.6 Å². The van der Waals surface area contributed by atoms with E-state index in [1.54, 1.807) is 6.08 Å². The standard InChI is InChI=1S/C16H15F2NO2/c1-10-6-14(18)12(7-13(10)17)16(15(20)21-2)8-11(9-16)4-3-5-19/h4,6-7H,3,8-9H2,1-2H3. The van der Waals surface area contributed by atoms with Gasteiger partial charge in [-0.1, -0.05) is 11.6 Å². The van der Waals surface area contributed by atoms with Crippen LogP contribution in [0.1, 0.15) is 30.4 Å². The minimum atomic E-state index is -1.19. The van der Waals surface area contributed by atoms with E-state index in [-0.39, 0.29) is 30.4 Å². The van der Waals surface area contributed by atoms with E-state index in [2.05, 4.69) is 0 Å². The lowest BCUT2D eigenvalue weighted by atomic mass is 9.61. The maximum atomic E-state index is 14.2. The summed E-state index contributed by atoms with van der Waals surface area (Å²) in [6, 6.07) is 4.14. The number of carbonyl (C=O) groups is 1. The smallest absolute Gasteiger partial charge is 0.317 e. The Bertz CT molecular complexity index is 651. The molecule has 2 rings (SSSR count). The zero-order valence-corrected chi connectivity index (χ0v) is 11.9. The molecule has 1 aliphatic rings. The summed E-state index contributed by atoms with van der Waals surface area (Å²) in [4.78, 5) is 12.1. The van der Waals surface area contributed by atoms with Gasteiger partial charge in [0.25, 0.3) is 0 Å². The molecule has 0 N–H and O–H groups in total. The molecule has 1 aliphatic carbocycles. The van der Waals surface area contributed by atoms with Crippen molar-refractivity contribution in [3.8, 4) is 6.07 Å². The first-order chi connectivity index (χ1) is 9.94. The summed E-state index contributed by atoms with van der Waals surface area (Å²) in [6.45, 7) is 1.46. The van der Waals surface area contributed by atoms with E-state index >= 15 is 0 Å². The fraction of sp³-hybridized carbons (Fsp3) is 0.375. The highest BCUT2D eigenvalue weighted by Crippen LogP contribution is 2.49. The Labute approximate surface area is 121 Å². The number of methoxy groups -OCH3 is 1. The van der Waals surface area contributed by atoms with Gasteiger partial charge in [-0.05, 0) is 37.5 Å². The van der Waals surface area contributed by atoms with Crippen molar-refractivity contribution in [3.05, 3.63) is 46.5 Å². The molecule has 0 amide bonds. The van der Waals surface area contributed by atoms with Gasteiger partial charge in [0.15, 0.2) is 0 Å². The minimum Gasteiger partial charge on any atom is -0.468 e. The second-order valence-electron chi connectivity index (χ2n) is 5.23. The summed E-state index contributed by atoms with van der Waals surface area (Å²) in [5, 5.41) is 8.55. The summed E-state index contributed by atoms with van der Waals surface area (Å²) in [7, 11) is 1.23. The van der Waals surface area contributed by atoms with E-state index < -0.39 is 23.0 Å². The summed E-state index contributed by atoms with van der Waals surface area (Å²) < 4.78 is 32.7. The average molecular weight is 291 g/mol. The molecule has 21 heavy (non-hydrogen) atoms. The molecule has 1 saturated carbocycles. The number of hydrogen-bond acceptors (Lipinski definition) is 3. The average Bonchev–Trinajstić information content (AvgIpc) is 2.42. The molecule has 3 nitrogen and oxygen atoms in total. The highest BCUT2D eigenvalue weighted by Gasteiger charge is 2.51. The predicted octanol–water partition coefficient (Wildman–Crippen LogP) is 3.32. The third-order valence-corrected chi connectivity index (χ3v) is 3.88. The Kier molecular flexibility index (Phi) is 4.08. The zero-order valence-electron chi connectivity index (χ0n) is 11.9.